The Morgan fingerprint density at radius 2 is 2.11 bits per heavy atom. The van der Waals surface area contributed by atoms with Gasteiger partial charge in [-0.15, -0.1) is 11.6 Å². The fourth-order valence-corrected chi connectivity index (χ4v) is 2.06. The number of rotatable bonds is 7. The summed E-state index contributed by atoms with van der Waals surface area (Å²) in [5.74, 6) is 0.409. The molecule has 19 heavy (non-hydrogen) atoms. The number of amides is 1. The molecule has 1 N–H and O–H groups in total. The number of hydrogen-bond acceptors (Lipinski definition) is 2. The molecule has 1 atom stereocenters. The van der Waals surface area contributed by atoms with Crippen LogP contribution in [-0.2, 0) is 16.0 Å². The van der Waals surface area contributed by atoms with Crippen molar-refractivity contribution in [1.82, 2.24) is 5.32 Å². The summed E-state index contributed by atoms with van der Waals surface area (Å²) in [6.07, 6.45) is 1.13. The van der Waals surface area contributed by atoms with Crippen LogP contribution in [0.2, 0.25) is 0 Å². The fraction of sp³-hybridized carbons (Fsp3) is 0.533. The molecule has 1 aromatic carbocycles. The Hall–Kier alpha value is -1.06. The van der Waals surface area contributed by atoms with Crippen molar-refractivity contribution in [3.05, 3.63) is 34.9 Å². The zero-order chi connectivity index (χ0) is 14.3. The van der Waals surface area contributed by atoms with Crippen LogP contribution in [0.25, 0.3) is 0 Å². The van der Waals surface area contributed by atoms with Gasteiger partial charge in [0, 0.05) is 25.6 Å². The van der Waals surface area contributed by atoms with Crippen LogP contribution in [0.3, 0.4) is 0 Å². The van der Waals surface area contributed by atoms with Gasteiger partial charge >= 0.3 is 0 Å². The standard InChI is InChI=1S/C15H22ClNO2/c1-11-4-5-13(8-12(11)2)9-15(18)17-14(10-16)6-7-19-3/h4-5,8,14H,6-7,9-10H2,1-3H3,(H,17,18). The second-order valence-electron chi connectivity index (χ2n) is 4.80. The number of carbonyl (C=O) groups excluding carboxylic acids is 1. The third kappa shape index (κ3) is 5.62. The first-order valence-corrected chi connectivity index (χ1v) is 7.00. The van der Waals surface area contributed by atoms with Crippen molar-refractivity contribution in [2.24, 2.45) is 0 Å². The van der Waals surface area contributed by atoms with Gasteiger partial charge < -0.3 is 10.1 Å². The van der Waals surface area contributed by atoms with Crippen LogP contribution in [-0.4, -0.2) is 31.5 Å². The summed E-state index contributed by atoms with van der Waals surface area (Å²) in [5, 5.41) is 2.93. The number of aryl methyl sites for hydroxylation is 2. The number of benzene rings is 1. The normalized spacial score (nSPS) is 12.2. The molecule has 1 amide bonds. The Kier molecular flexibility index (Phi) is 6.89. The van der Waals surface area contributed by atoms with E-state index in [1.54, 1.807) is 7.11 Å². The predicted molar refractivity (Wildman–Crippen MR) is 78.8 cm³/mol. The quantitative estimate of drug-likeness (QED) is 0.781. The Morgan fingerprint density at radius 1 is 1.37 bits per heavy atom. The monoisotopic (exact) mass is 283 g/mol. The first-order chi connectivity index (χ1) is 9.06. The van der Waals surface area contributed by atoms with Gasteiger partial charge in [-0.05, 0) is 37.0 Å². The summed E-state index contributed by atoms with van der Waals surface area (Å²) in [6.45, 7) is 4.71. The average molecular weight is 284 g/mol. The maximum Gasteiger partial charge on any atom is 0.224 e. The number of alkyl halides is 1. The van der Waals surface area contributed by atoms with Crippen LogP contribution in [0.1, 0.15) is 23.1 Å². The Morgan fingerprint density at radius 3 is 2.68 bits per heavy atom. The van der Waals surface area contributed by atoms with E-state index in [0.29, 0.717) is 18.9 Å². The molecule has 106 valence electrons. The molecule has 0 aliphatic carbocycles. The average Bonchev–Trinajstić information content (AvgIpc) is 2.38. The molecule has 0 radical (unpaired) electrons. The molecule has 0 bridgehead atoms. The Bertz CT molecular complexity index is 421. The lowest BCUT2D eigenvalue weighted by atomic mass is 10.0. The second kappa shape index (κ2) is 8.18. The van der Waals surface area contributed by atoms with Gasteiger partial charge in [-0.2, -0.15) is 0 Å². The van der Waals surface area contributed by atoms with E-state index in [4.69, 9.17) is 16.3 Å². The first kappa shape index (κ1) is 16.0. The molecule has 0 spiro atoms. The fourth-order valence-electron chi connectivity index (χ4n) is 1.83. The van der Waals surface area contributed by atoms with Gasteiger partial charge in [0.25, 0.3) is 0 Å². The molecule has 0 saturated carbocycles. The van der Waals surface area contributed by atoms with Gasteiger partial charge in [-0.1, -0.05) is 18.2 Å². The largest absolute Gasteiger partial charge is 0.385 e. The molecule has 0 aliphatic heterocycles. The van der Waals surface area contributed by atoms with E-state index >= 15 is 0 Å². The molecule has 0 saturated heterocycles. The highest BCUT2D eigenvalue weighted by molar-refractivity contribution is 6.18. The molecule has 0 heterocycles. The van der Waals surface area contributed by atoms with Crippen molar-refractivity contribution >= 4 is 17.5 Å². The van der Waals surface area contributed by atoms with Crippen LogP contribution in [0.4, 0.5) is 0 Å². The van der Waals surface area contributed by atoms with Crippen molar-refractivity contribution in [3.8, 4) is 0 Å². The smallest absolute Gasteiger partial charge is 0.224 e. The van der Waals surface area contributed by atoms with Crippen molar-refractivity contribution in [1.29, 1.82) is 0 Å². The maximum absolute atomic E-state index is 11.9. The van der Waals surface area contributed by atoms with Gasteiger partial charge in [0.05, 0.1) is 6.42 Å². The van der Waals surface area contributed by atoms with Gasteiger partial charge in [0.1, 0.15) is 0 Å². The minimum Gasteiger partial charge on any atom is -0.385 e. The molecule has 0 aromatic heterocycles. The molecule has 3 nitrogen and oxygen atoms in total. The SMILES string of the molecule is COCCC(CCl)NC(=O)Cc1ccc(C)c(C)c1. The number of hydrogen-bond donors (Lipinski definition) is 1. The minimum absolute atomic E-state index is 0.00464. The highest BCUT2D eigenvalue weighted by atomic mass is 35.5. The molecular weight excluding hydrogens is 262 g/mol. The zero-order valence-corrected chi connectivity index (χ0v) is 12.6. The van der Waals surface area contributed by atoms with Crippen molar-refractivity contribution < 1.29 is 9.53 Å². The number of halogens is 1. The number of carbonyl (C=O) groups is 1. The predicted octanol–water partition coefficient (Wildman–Crippen LogP) is 2.61. The van der Waals surface area contributed by atoms with E-state index in [2.05, 4.69) is 25.2 Å². The number of ether oxygens (including phenoxy) is 1. The Labute approximate surface area is 120 Å². The maximum atomic E-state index is 11.9. The van der Waals surface area contributed by atoms with Crippen molar-refractivity contribution in [2.75, 3.05) is 19.6 Å². The first-order valence-electron chi connectivity index (χ1n) is 6.47. The molecule has 1 aromatic rings. The van der Waals surface area contributed by atoms with E-state index in [1.807, 2.05) is 12.1 Å². The van der Waals surface area contributed by atoms with E-state index in [9.17, 15) is 4.79 Å². The van der Waals surface area contributed by atoms with Crippen LogP contribution in [0.15, 0.2) is 18.2 Å². The van der Waals surface area contributed by atoms with Gasteiger partial charge in [-0.3, -0.25) is 4.79 Å². The van der Waals surface area contributed by atoms with Gasteiger partial charge in [0.15, 0.2) is 0 Å². The minimum atomic E-state index is -0.0272. The summed E-state index contributed by atoms with van der Waals surface area (Å²) in [4.78, 5) is 11.9. The highest BCUT2D eigenvalue weighted by Crippen LogP contribution is 2.10. The molecule has 4 heteroatoms. The van der Waals surface area contributed by atoms with Crippen molar-refractivity contribution in [2.45, 2.75) is 32.7 Å². The second-order valence-corrected chi connectivity index (χ2v) is 5.10. The molecule has 1 rings (SSSR count). The van der Waals surface area contributed by atoms with E-state index < -0.39 is 0 Å². The van der Waals surface area contributed by atoms with E-state index in [0.717, 1.165) is 12.0 Å². The summed E-state index contributed by atoms with van der Waals surface area (Å²) < 4.78 is 4.99. The lowest BCUT2D eigenvalue weighted by molar-refractivity contribution is -0.121. The molecule has 1 unspecified atom stereocenters. The summed E-state index contributed by atoms with van der Waals surface area (Å²) in [6, 6.07) is 6.06. The van der Waals surface area contributed by atoms with Crippen LogP contribution in [0, 0.1) is 13.8 Å². The molecular formula is C15H22ClNO2. The zero-order valence-electron chi connectivity index (χ0n) is 11.8. The van der Waals surface area contributed by atoms with E-state index in [1.165, 1.54) is 11.1 Å². The van der Waals surface area contributed by atoms with Crippen LogP contribution in [0.5, 0.6) is 0 Å². The summed E-state index contributed by atoms with van der Waals surface area (Å²) >= 11 is 5.83. The topological polar surface area (TPSA) is 38.3 Å². The van der Waals surface area contributed by atoms with Gasteiger partial charge in [0.2, 0.25) is 5.91 Å². The van der Waals surface area contributed by atoms with Gasteiger partial charge in [-0.25, -0.2) is 0 Å². The van der Waals surface area contributed by atoms with E-state index in [-0.39, 0.29) is 11.9 Å². The molecule has 0 fully saturated rings. The van der Waals surface area contributed by atoms with Crippen LogP contribution >= 0.6 is 11.6 Å². The number of nitrogens with one attached hydrogen (secondary N) is 1. The van der Waals surface area contributed by atoms with Crippen molar-refractivity contribution in [3.63, 3.8) is 0 Å². The highest BCUT2D eigenvalue weighted by Gasteiger charge is 2.11. The summed E-state index contributed by atoms with van der Waals surface area (Å²) in [7, 11) is 1.64. The lowest BCUT2D eigenvalue weighted by Crippen LogP contribution is -2.37. The lowest BCUT2D eigenvalue weighted by Gasteiger charge is -2.15. The molecule has 0 aliphatic rings. The third-order valence-corrected chi connectivity index (χ3v) is 3.53. The number of methoxy groups -OCH3 is 1. The summed E-state index contributed by atoms with van der Waals surface area (Å²) in [5.41, 5.74) is 3.47. The Balaban J connectivity index is 2.51. The van der Waals surface area contributed by atoms with Crippen LogP contribution < -0.4 is 5.32 Å². The third-order valence-electron chi connectivity index (χ3n) is 3.16.